The van der Waals surface area contributed by atoms with E-state index in [9.17, 15) is 0 Å². The van der Waals surface area contributed by atoms with E-state index in [4.69, 9.17) is 16.9 Å². The molecule has 14 heavy (non-hydrogen) atoms. The molecule has 0 amide bonds. The molecule has 1 saturated heterocycles. The second-order valence-corrected chi connectivity index (χ2v) is 3.60. The van der Waals surface area contributed by atoms with Gasteiger partial charge in [-0.3, -0.25) is 0 Å². The van der Waals surface area contributed by atoms with Crippen molar-refractivity contribution in [3.8, 4) is 6.07 Å². The van der Waals surface area contributed by atoms with Gasteiger partial charge < -0.3 is 5.32 Å². The monoisotopic (exact) mass is 204 g/mol. The summed E-state index contributed by atoms with van der Waals surface area (Å²) in [6.07, 6.45) is 1.84. The normalized spacial score (nSPS) is 20.3. The van der Waals surface area contributed by atoms with Crippen molar-refractivity contribution >= 4 is 17.7 Å². The molecule has 0 saturated carbocycles. The highest BCUT2D eigenvalue weighted by Gasteiger charge is 2.24. The maximum atomic E-state index is 8.89. The minimum absolute atomic E-state index is 0.233. The average molecular weight is 205 g/mol. The molecule has 2 nitrogen and oxygen atoms in total. The van der Waals surface area contributed by atoms with Crippen molar-refractivity contribution in [1.82, 2.24) is 5.32 Å². The lowest BCUT2D eigenvalue weighted by Gasteiger charge is -1.98. The lowest BCUT2D eigenvalue weighted by molar-refractivity contribution is 1.16. The van der Waals surface area contributed by atoms with Gasteiger partial charge >= 0.3 is 0 Å². The Morgan fingerprint density at radius 2 is 2.29 bits per heavy atom. The maximum absolute atomic E-state index is 8.89. The Morgan fingerprint density at radius 3 is 2.86 bits per heavy atom. The van der Waals surface area contributed by atoms with E-state index in [-0.39, 0.29) is 6.04 Å². The molecule has 1 unspecified atom stereocenters. The van der Waals surface area contributed by atoms with Crippen molar-refractivity contribution in [2.75, 3.05) is 6.54 Å². The Labute approximate surface area is 87.8 Å². The van der Waals surface area contributed by atoms with Gasteiger partial charge in [0.15, 0.2) is 0 Å². The Bertz CT molecular complexity index is 414. The summed E-state index contributed by atoms with van der Waals surface area (Å²) in [5.74, 6) is 0. The summed E-state index contributed by atoms with van der Waals surface area (Å²) < 4.78 is 0. The van der Waals surface area contributed by atoms with Crippen LogP contribution in [-0.2, 0) is 0 Å². The van der Waals surface area contributed by atoms with Crippen molar-refractivity contribution in [2.24, 2.45) is 0 Å². The van der Waals surface area contributed by atoms with Gasteiger partial charge in [-0.25, -0.2) is 0 Å². The predicted molar refractivity (Wildman–Crippen MR) is 56.8 cm³/mol. The highest BCUT2D eigenvalue weighted by Crippen LogP contribution is 2.20. The summed E-state index contributed by atoms with van der Waals surface area (Å²) >= 11 is 5.98. The molecule has 0 bridgehead atoms. The average Bonchev–Trinajstić information content (AvgIpc) is 3.00. The van der Waals surface area contributed by atoms with Crippen molar-refractivity contribution < 1.29 is 0 Å². The summed E-state index contributed by atoms with van der Waals surface area (Å²) in [6.45, 7) is 0.893. The number of nitrogens with zero attached hydrogens (tertiary/aromatic N) is 1. The van der Waals surface area contributed by atoms with E-state index in [0.29, 0.717) is 5.02 Å². The van der Waals surface area contributed by atoms with Crippen LogP contribution in [0.2, 0.25) is 5.02 Å². The lowest BCUT2D eigenvalue weighted by Crippen LogP contribution is -1.93. The number of benzene rings is 1. The minimum atomic E-state index is 0.233. The molecule has 0 spiro atoms. The third-order valence-electron chi connectivity index (χ3n) is 2.13. The molecule has 1 aromatic carbocycles. The van der Waals surface area contributed by atoms with E-state index < -0.39 is 0 Å². The van der Waals surface area contributed by atoms with Gasteiger partial charge in [-0.15, -0.1) is 0 Å². The molecule has 3 heteroatoms. The first kappa shape index (κ1) is 9.26. The van der Waals surface area contributed by atoms with Gasteiger partial charge in [0.1, 0.15) is 0 Å². The number of nitrogens with one attached hydrogen (secondary N) is 1. The summed E-state index contributed by atoms with van der Waals surface area (Å²) in [5.41, 5.74) is 1.65. The number of nitriles is 1. The molecule has 1 aromatic rings. The summed E-state index contributed by atoms with van der Waals surface area (Å²) in [7, 11) is 0. The van der Waals surface area contributed by atoms with E-state index in [1.807, 2.05) is 30.3 Å². The molecule has 1 heterocycles. The van der Waals surface area contributed by atoms with Crippen LogP contribution in [0.1, 0.15) is 5.56 Å². The second kappa shape index (κ2) is 3.83. The smallest absolute Gasteiger partial charge is 0.0964 e. The van der Waals surface area contributed by atoms with Gasteiger partial charge in [-0.2, -0.15) is 5.26 Å². The number of rotatable bonds is 2. The van der Waals surface area contributed by atoms with E-state index in [1.165, 1.54) is 0 Å². The van der Waals surface area contributed by atoms with Gasteiger partial charge in [0.05, 0.1) is 12.1 Å². The quantitative estimate of drug-likeness (QED) is 0.593. The predicted octanol–water partition coefficient (Wildman–Crippen LogP) is 2.22. The van der Waals surface area contributed by atoms with Gasteiger partial charge in [0.2, 0.25) is 0 Å². The van der Waals surface area contributed by atoms with Crippen LogP contribution in [0.5, 0.6) is 0 Å². The summed E-state index contributed by atoms with van der Waals surface area (Å²) in [5, 5.41) is 12.7. The molecule has 0 radical (unpaired) electrons. The van der Waals surface area contributed by atoms with E-state index in [2.05, 4.69) is 11.4 Å². The molecule has 70 valence electrons. The zero-order valence-corrected chi connectivity index (χ0v) is 8.25. The van der Waals surface area contributed by atoms with Gasteiger partial charge in [0, 0.05) is 17.1 Å². The first-order valence-corrected chi connectivity index (χ1v) is 4.78. The molecular weight excluding hydrogens is 196 g/mol. The molecule has 1 fully saturated rings. The fraction of sp³-hybridized carbons (Fsp3) is 0.182. The highest BCUT2D eigenvalue weighted by molar-refractivity contribution is 6.32. The van der Waals surface area contributed by atoms with Gasteiger partial charge in [-0.1, -0.05) is 29.8 Å². The molecule has 0 aromatic heterocycles. The molecule has 1 aliphatic heterocycles. The van der Waals surface area contributed by atoms with Crippen molar-refractivity contribution in [2.45, 2.75) is 6.04 Å². The maximum Gasteiger partial charge on any atom is 0.0964 e. The van der Waals surface area contributed by atoms with Crippen LogP contribution in [0, 0.1) is 11.3 Å². The fourth-order valence-corrected chi connectivity index (χ4v) is 1.44. The lowest BCUT2D eigenvalue weighted by atomic mass is 10.1. The first-order valence-electron chi connectivity index (χ1n) is 4.41. The van der Waals surface area contributed by atoms with Crippen LogP contribution in [0.3, 0.4) is 0 Å². The van der Waals surface area contributed by atoms with Crippen LogP contribution in [0.15, 0.2) is 29.8 Å². The standard InChI is InChI=1S/C11H9ClN2/c12-10-4-2-1-3-8(10)5-9(6-13)11-7-14-11/h1-5,11,14H,7H2/b9-5-. The Balaban J connectivity index is 2.32. The Hall–Kier alpha value is -1.30. The SMILES string of the molecule is N#C/C(=C/c1ccccc1Cl)C1CN1. The van der Waals surface area contributed by atoms with E-state index in [0.717, 1.165) is 17.7 Å². The van der Waals surface area contributed by atoms with E-state index in [1.54, 1.807) is 0 Å². The fourth-order valence-electron chi connectivity index (χ4n) is 1.25. The molecule has 1 atom stereocenters. The third kappa shape index (κ3) is 1.95. The minimum Gasteiger partial charge on any atom is -0.306 e. The molecule has 2 rings (SSSR count). The van der Waals surface area contributed by atoms with Crippen molar-refractivity contribution in [3.63, 3.8) is 0 Å². The van der Waals surface area contributed by atoms with E-state index >= 15 is 0 Å². The first-order chi connectivity index (χ1) is 6.81. The van der Waals surface area contributed by atoms with Crippen LogP contribution < -0.4 is 5.32 Å². The Morgan fingerprint density at radius 1 is 1.57 bits per heavy atom. The topological polar surface area (TPSA) is 45.7 Å². The summed E-state index contributed by atoms with van der Waals surface area (Å²) in [6, 6.07) is 9.93. The van der Waals surface area contributed by atoms with Gasteiger partial charge in [0.25, 0.3) is 0 Å². The van der Waals surface area contributed by atoms with Crippen LogP contribution in [0.25, 0.3) is 6.08 Å². The van der Waals surface area contributed by atoms with Crippen LogP contribution in [-0.4, -0.2) is 12.6 Å². The van der Waals surface area contributed by atoms with Crippen LogP contribution >= 0.6 is 11.6 Å². The third-order valence-corrected chi connectivity index (χ3v) is 2.47. The Kier molecular flexibility index (Phi) is 2.53. The largest absolute Gasteiger partial charge is 0.306 e. The molecular formula is C11H9ClN2. The van der Waals surface area contributed by atoms with Crippen LogP contribution in [0.4, 0.5) is 0 Å². The number of hydrogen-bond donors (Lipinski definition) is 1. The molecule has 1 N–H and O–H groups in total. The van der Waals surface area contributed by atoms with Crippen molar-refractivity contribution in [1.29, 1.82) is 5.26 Å². The highest BCUT2D eigenvalue weighted by atomic mass is 35.5. The number of hydrogen-bond acceptors (Lipinski definition) is 2. The molecule has 0 aliphatic carbocycles. The zero-order chi connectivity index (χ0) is 9.97. The molecule has 1 aliphatic rings. The number of halogens is 1. The zero-order valence-electron chi connectivity index (χ0n) is 7.50. The van der Waals surface area contributed by atoms with Gasteiger partial charge in [-0.05, 0) is 17.7 Å². The second-order valence-electron chi connectivity index (χ2n) is 3.19. The summed E-state index contributed by atoms with van der Waals surface area (Å²) in [4.78, 5) is 0. The van der Waals surface area contributed by atoms with Crippen molar-refractivity contribution in [3.05, 3.63) is 40.4 Å².